The molecule has 0 aliphatic rings. The molecule has 2 rings (SSSR count). The van der Waals surface area contributed by atoms with E-state index in [9.17, 15) is 0 Å². The first-order valence-corrected chi connectivity index (χ1v) is 7.27. The summed E-state index contributed by atoms with van der Waals surface area (Å²) in [7, 11) is 0. The summed E-state index contributed by atoms with van der Waals surface area (Å²) in [6.45, 7) is 7.30. The topological polar surface area (TPSA) is 63.8 Å². The number of hydrogen-bond acceptors (Lipinski definition) is 5. The Morgan fingerprint density at radius 3 is 2.85 bits per heavy atom. The number of nitrogens with zero attached hydrogens (tertiary/aromatic N) is 3. The SMILES string of the molecule is CCNC(CC)Cc1nc(-c2ccncc2CC)no1. The van der Waals surface area contributed by atoms with Crippen molar-refractivity contribution in [1.29, 1.82) is 0 Å². The molecule has 0 bridgehead atoms. The molecule has 0 amide bonds. The number of aromatic nitrogens is 3. The summed E-state index contributed by atoms with van der Waals surface area (Å²) in [6.07, 6.45) is 6.34. The zero-order valence-electron chi connectivity index (χ0n) is 12.4. The molecular formula is C15H22N4O. The Labute approximate surface area is 119 Å². The van der Waals surface area contributed by atoms with Crippen molar-refractivity contribution in [3.8, 4) is 11.4 Å². The van der Waals surface area contributed by atoms with Gasteiger partial charge in [-0.2, -0.15) is 4.98 Å². The van der Waals surface area contributed by atoms with Crippen LogP contribution >= 0.6 is 0 Å². The van der Waals surface area contributed by atoms with Crippen molar-refractivity contribution >= 4 is 0 Å². The molecule has 0 aliphatic heterocycles. The molecule has 0 radical (unpaired) electrons. The lowest BCUT2D eigenvalue weighted by molar-refractivity contribution is 0.355. The second-order valence-electron chi connectivity index (χ2n) is 4.77. The van der Waals surface area contributed by atoms with E-state index in [0.29, 0.717) is 17.8 Å². The first-order valence-electron chi connectivity index (χ1n) is 7.27. The van der Waals surface area contributed by atoms with E-state index in [4.69, 9.17) is 4.52 Å². The second-order valence-corrected chi connectivity index (χ2v) is 4.77. The molecule has 0 aliphatic carbocycles. The molecule has 0 spiro atoms. The third-order valence-electron chi connectivity index (χ3n) is 3.40. The molecule has 1 N–H and O–H groups in total. The number of likely N-dealkylation sites (N-methyl/N-ethyl adjacent to an activating group) is 1. The Balaban J connectivity index is 2.16. The van der Waals surface area contributed by atoms with E-state index >= 15 is 0 Å². The Kier molecular flexibility index (Phi) is 5.24. The first kappa shape index (κ1) is 14.7. The predicted octanol–water partition coefficient (Wildman–Crippen LogP) is 2.62. The fourth-order valence-electron chi connectivity index (χ4n) is 2.23. The van der Waals surface area contributed by atoms with E-state index in [0.717, 1.165) is 36.9 Å². The van der Waals surface area contributed by atoms with Gasteiger partial charge in [0, 0.05) is 30.4 Å². The highest BCUT2D eigenvalue weighted by molar-refractivity contribution is 5.58. The lowest BCUT2D eigenvalue weighted by Gasteiger charge is -2.12. The number of rotatable bonds is 7. The summed E-state index contributed by atoms with van der Waals surface area (Å²) >= 11 is 0. The lowest BCUT2D eigenvalue weighted by atomic mass is 10.1. The highest BCUT2D eigenvalue weighted by atomic mass is 16.5. The van der Waals surface area contributed by atoms with Crippen LogP contribution in [0, 0.1) is 0 Å². The predicted molar refractivity (Wildman–Crippen MR) is 78.4 cm³/mol. The lowest BCUT2D eigenvalue weighted by Crippen LogP contribution is -2.30. The van der Waals surface area contributed by atoms with Crippen molar-refractivity contribution in [2.45, 2.75) is 46.1 Å². The number of pyridine rings is 1. The van der Waals surface area contributed by atoms with Gasteiger partial charge in [-0.3, -0.25) is 4.98 Å². The van der Waals surface area contributed by atoms with Gasteiger partial charge in [0.1, 0.15) is 0 Å². The van der Waals surface area contributed by atoms with Crippen molar-refractivity contribution in [2.24, 2.45) is 0 Å². The first-order chi connectivity index (χ1) is 9.78. The van der Waals surface area contributed by atoms with E-state index in [1.165, 1.54) is 0 Å². The largest absolute Gasteiger partial charge is 0.339 e. The Morgan fingerprint density at radius 2 is 2.15 bits per heavy atom. The van der Waals surface area contributed by atoms with E-state index < -0.39 is 0 Å². The minimum atomic E-state index is 0.386. The molecule has 108 valence electrons. The fourth-order valence-corrected chi connectivity index (χ4v) is 2.23. The number of nitrogens with one attached hydrogen (secondary N) is 1. The van der Waals surface area contributed by atoms with E-state index in [2.05, 4.69) is 41.2 Å². The van der Waals surface area contributed by atoms with E-state index in [1.54, 1.807) is 6.20 Å². The molecule has 1 atom stereocenters. The van der Waals surface area contributed by atoms with Crippen molar-refractivity contribution in [3.05, 3.63) is 29.9 Å². The molecule has 2 aromatic rings. The van der Waals surface area contributed by atoms with Crippen LogP contribution in [-0.2, 0) is 12.8 Å². The normalized spacial score (nSPS) is 12.6. The minimum Gasteiger partial charge on any atom is -0.339 e. The van der Waals surface area contributed by atoms with Crippen LogP contribution in [0.1, 0.15) is 38.6 Å². The molecule has 2 heterocycles. The van der Waals surface area contributed by atoms with Crippen molar-refractivity contribution in [2.75, 3.05) is 6.54 Å². The average Bonchev–Trinajstić information content (AvgIpc) is 2.95. The molecule has 0 saturated heterocycles. The van der Waals surface area contributed by atoms with E-state index in [1.807, 2.05) is 12.3 Å². The highest BCUT2D eigenvalue weighted by Gasteiger charge is 2.14. The van der Waals surface area contributed by atoms with Gasteiger partial charge in [0.05, 0.1) is 0 Å². The quantitative estimate of drug-likeness (QED) is 0.841. The Hall–Kier alpha value is -1.75. The van der Waals surface area contributed by atoms with Gasteiger partial charge < -0.3 is 9.84 Å². The fraction of sp³-hybridized carbons (Fsp3) is 0.533. The molecule has 5 heteroatoms. The van der Waals surface area contributed by atoms with Crippen LogP contribution in [-0.4, -0.2) is 27.7 Å². The van der Waals surface area contributed by atoms with Crippen molar-refractivity contribution < 1.29 is 4.52 Å². The molecule has 0 fully saturated rings. The maximum atomic E-state index is 5.38. The molecule has 0 aromatic carbocycles. The van der Waals surface area contributed by atoms with Gasteiger partial charge in [0.15, 0.2) is 0 Å². The van der Waals surface area contributed by atoms with Gasteiger partial charge in [0.2, 0.25) is 11.7 Å². The Bertz CT molecular complexity index is 538. The van der Waals surface area contributed by atoms with Gasteiger partial charge in [-0.25, -0.2) is 0 Å². The number of hydrogen-bond donors (Lipinski definition) is 1. The Morgan fingerprint density at radius 1 is 1.30 bits per heavy atom. The average molecular weight is 274 g/mol. The highest BCUT2D eigenvalue weighted by Crippen LogP contribution is 2.20. The van der Waals surface area contributed by atoms with Gasteiger partial charge in [0.25, 0.3) is 0 Å². The van der Waals surface area contributed by atoms with Crippen LogP contribution in [0.3, 0.4) is 0 Å². The standard InChI is InChI=1S/C15H22N4O/c1-4-11-10-16-8-7-13(11)15-18-14(20-19-15)9-12(5-2)17-6-3/h7-8,10,12,17H,4-6,9H2,1-3H3. The van der Waals surface area contributed by atoms with Gasteiger partial charge in [-0.05, 0) is 31.0 Å². The molecule has 0 saturated carbocycles. The summed E-state index contributed by atoms with van der Waals surface area (Å²) in [5.41, 5.74) is 2.15. The summed E-state index contributed by atoms with van der Waals surface area (Å²) in [4.78, 5) is 8.65. The van der Waals surface area contributed by atoms with Crippen molar-refractivity contribution in [3.63, 3.8) is 0 Å². The van der Waals surface area contributed by atoms with Crippen LogP contribution in [0.5, 0.6) is 0 Å². The molecule has 2 aromatic heterocycles. The summed E-state index contributed by atoms with van der Waals surface area (Å²) in [5, 5.41) is 7.52. The summed E-state index contributed by atoms with van der Waals surface area (Å²) < 4.78 is 5.38. The van der Waals surface area contributed by atoms with E-state index in [-0.39, 0.29) is 0 Å². The third kappa shape index (κ3) is 3.42. The zero-order valence-corrected chi connectivity index (χ0v) is 12.4. The van der Waals surface area contributed by atoms with Crippen molar-refractivity contribution in [1.82, 2.24) is 20.4 Å². The molecule has 20 heavy (non-hydrogen) atoms. The van der Waals surface area contributed by atoms with Gasteiger partial charge >= 0.3 is 0 Å². The van der Waals surface area contributed by atoms with Crippen LogP contribution < -0.4 is 5.32 Å². The van der Waals surface area contributed by atoms with Crippen LogP contribution in [0.4, 0.5) is 0 Å². The monoisotopic (exact) mass is 274 g/mol. The summed E-state index contributed by atoms with van der Waals surface area (Å²) in [6, 6.07) is 2.33. The second kappa shape index (κ2) is 7.14. The maximum Gasteiger partial charge on any atom is 0.228 e. The molecule has 1 unspecified atom stereocenters. The third-order valence-corrected chi connectivity index (χ3v) is 3.40. The van der Waals surface area contributed by atoms with Crippen LogP contribution in [0.25, 0.3) is 11.4 Å². The molecular weight excluding hydrogens is 252 g/mol. The smallest absolute Gasteiger partial charge is 0.228 e. The minimum absolute atomic E-state index is 0.386. The van der Waals surface area contributed by atoms with Crippen LogP contribution in [0.15, 0.2) is 23.0 Å². The molecule has 5 nitrogen and oxygen atoms in total. The van der Waals surface area contributed by atoms with Gasteiger partial charge in [-0.1, -0.05) is 25.9 Å². The zero-order chi connectivity index (χ0) is 14.4. The maximum absolute atomic E-state index is 5.38. The van der Waals surface area contributed by atoms with Gasteiger partial charge in [-0.15, -0.1) is 0 Å². The summed E-state index contributed by atoms with van der Waals surface area (Å²) in [5.74, 6) is 1.34. The van der Waals surface area contributed by atoms with Crippen LogP contribution in [0.2, 0.25) is 0 Å². The number of aryl methyl sites for hydroxylation is 1.